The number of nitrogens with one attached hydrogen (secondary N) is 2. The summed E-state index contributed by atoms with van der Waals surface area (Å²) in [5.74, 6) is -1.02. The second-order valence-corrected chi connectivity index (χ2v) is 7.20. The van der Waals surface area contributed by atoms with Gasteiger partial charge in [-0.1, -0.05) is 36.4 Å². The first-order valence-corrected chi connectivity index (χ1v) is 10.5. The Morgan fingerprint density at radius 1 is 0.788 bits per heavy atom. The molecule has 2 aromatic rings. The number of hydrogen-bond acceptors (Lipinski definition) is 6. The van der Waals surface area contributed by atoms with E-state index in [1.807, 2.05) is 24.3 Å². The maximum absolute atomic E-state index is 12.3. The smallest absolute Gasteiger partial charge is 0.325 e. The van der Waals surface area contributed by atoms with Crippen LogP contribution >= 0.6 is 0 Å². The van der Waals surface area contributed by atoms with Crippen LogP contribution in [0.2, 0.25) is 0 Å². The van der Waals surface area contributed by atoms with E-state index >= 15 is 0 Å². The minimum Gasteiger partial charge on any atom is -0.484 e. The van der Waals surface area contributed by atoms with Crippen molar-refractivity contribution in [3.05, 3.63) is 60.7 Å². The third kappa shape index (κ3) is 7.84. The number of piperazine rings is 1. The van der Waals surface area contributed by atoms with Gasteiger partial charge in [-0.2, -0.15) is 0 Å². The third-order valence-electron chi connectivity index (χ3n) is 4.84. The Balaban J connectivity index is 1.29. The average Bonchev–Trinajstić information content (AvgIpc) is 2.86. The van der Waals surface area contributed by atoms with E-state index in [4.69, 9.17) is 9.47 Å². The van der Waals surface area contributed by atoms with Gasteiger partial charge in [-0.3, -0.25) is 14.4 Å². The van der Waals surface area contributed by atoms with Crippen molar-refractivity contribution in [2.24, 2.45) is 0 Å². The summed E-state index contributed by atoms with van der Waals surface area (Å²) in [6.07, 6.45) is 0. The van der Waals surface area contributed by atoms with Crippen molar-refractivity contribution >= 4 is 29.5 Å². The molecular weight excluding hydrogens is 428 g/mol. The van der Waals surface area contributed by atoms with E-state index in [0.29, 0.717) is 37.6 Å². The molecule has 4 amide bonds. The van der Waals surface area contributed by atoms with Crippen molar-refractivity contribution in [3.63, 3.8) is 0 Å². The molecule has 0 aliphatic carbocycles. The van der Waals surface area contributed by atoms with Gasteiger partial charge in [-0.15, -0.1) is 0 Å². The molecule has 10 heteroatoms. The van der Waals surface area contributed by atoms with Crippen LogP contribution in [0.25, 0.3) is 0 Å². The molecule has 1 fully saturated rings. The maximum atomic E-state index is 12.3. The number of rotatable bonds is 8. The number of urea groups is 1. The molecule has 0 unspecified atom stereocenters. The van der Waals surface area contributed by atoms with Crippen molar-refractivity contribution in [2.45, 2.75) is 0 Å². The number of para-hydroxylation sites is 2. The maximum Gasteiger partial charge on any atom is 0.325 e. The molecule has 0 saturated carbocycles. The van der Waals surface area contributed by atoms with E-state index < -0.39 is 18.5 Å². The Morgan fingerprint density at radius 3 is 2.06 bits per heavy atom. The van der Waals surface area contributed by atoms with Gasteiger partial charge < -0.3 is 29.9 Å². The molecule has 1 aliphatic rings. The number of carbonyl (C=O) groups excluding carboxylic acids is 4. The van der Waals surface area contributed by atoms with Crippen LogP contribution in [0.4, 0.5) is 10.5 Å². The number of nitrogens with zero attached hydrogens (tertiary/aromatic N) is 2. The Bertz CT molecular complexity index is 946. The monoisotopic (exact) mass is 454 g/mol. The van der Waals surface area contributed by atoms with Gasteiger partial charge in [0.25, 0.3) is 11.8 Å². The van der Waals surface area contributed by atoms with Gasteiger partial charge in [0.15, 0.2) is 13.2 Å². The lowest BCUT2D eigenvalue weighted by molar-refractivity contribution is -0.152. The van der Waals surface area contributed by atoms with E-state index in [1.54, 1.807) is 41.3 Å². The van der Waals surface area contributed by atoms with Crippen LogP contribution < -0.4 is 15.4 Å². The SMILES string of the molecule is O=C(COc1ccccc1)NCC(=O)OCC(=O)N1CCN(C(=O)Nc2ccccc2)CC1. The van der Waals surface area contributed by atoms with E-state index in [1.165, 1.54) is 4.90 Å². The average molecular weight is 454 g/mol. The summed E-state index contributed by atoms with van der Waals surface area (Å²) in [6.45, 7) is 0.394. The number of carbonyl (C=O) groups is 4. The fraction of sp³-hybridized carbons (Fsp3) is 0.304. The van der Waals surface area contributed by atoms with E-state index in [-0.39, 0.29) is 25.1 Å². The minimum atomic E-state index is -0.725. The molecule has 0 atom stereocenters. The Labute approximate surface area is 191 Å². The van der Waals surface area contributed by atoms with Crippen molar-refractivity contribution in [1.82, 2.24) is 15.1 Å². The van der Waals surface area contributed by atoms with Crippen molar-refractivity contribution < 1.29 is 28.7 Å². The van der Waals surface area contributed by atoms with Crippen LogP contribution in [0.5, 0.6) is 5.75 Å². The molecular formula is C23H26N4O6. The normalized spacial score (nSPS) is 13.1. The zero-order valence-corrected chi connectivity index (χ0v) is 18.1. The number of benzene rings is 2. The van der Waals surface area contributed by atoms with Gasteiger partial charge in [0.05, 0.1) is 0 Å². The molecule has 1 heterocycles. The molecule has 2 N–H and O–H groups in total. The van der Waals surface area contributed by atoms with E-state index in [9.17, 15) is 19.2 Å². The summed E-state index contributed by atoms with van der Waals surface area (Å²) in [5, 5.41) is 5.19. The molecule has 0 spiro atoms. The number of ether oxygens (including phenoxy) is 2. The number of amides is 4. The highest BCUT2D eigenvalue weighted by Crippen LogP contribution is 2.09. The predicted octanol–water partition coefficient (Wildman–Crippen LogP) is 1.10. The summed E-state index contributed by atoms with van der Waals surface area (Å²) in [5.41, 5.74) is 0.701. The molecule has 33 heavy (non-hydrogen) atoms. The summed E-state index contributed by atoms with van der Waals surface area (Å²) in [6, 6.07) is 17.7. The lowest BCUT2D eigenvalue weighted by Gasteiger charge is -2.34. The van der Waals surface area contributed by atoms with Gasteiger partial charge in [0.2, 0.25) is 0 Å². The fourth-order valence-corrected chi connectivity index (χ4v) is 3.05. The Morgan fingerprint density at radius 2 is 1.39 bits per heavy atom. The lowest BCUT2D eigenvalue weighted by atomic mass is 10.3. The first-order chi connectivity index (χ1) is 16.0. The molecule has 10 nitrogen and oxygen atoms in total. The van der Waals surface area contributed by atoms with Crippen LogP contribution in [0, 0.1) is 0 Å². The largest absolute Gasteiger partial charge is 0.484 e. The molecule has 0 aromatic heterocycles. The Hall–Kier alpha value is -4.08. The molecule has 3 rings (SSSR count). The Kier molecular flexibility index (Phi) is 8.63. The highest BCUT2D eigenvalue weighted by Gasteiger charge is 2.24. The third-order valence-corrected chi connectivity index (χ3v) is 4.84. The van der Waals surface area contributed by atoms with Crippen LogP contribution in [0.3, 0.4) is 0 Å². The highest BCUT2D eigenvalue weighted by molar-refractivity contribution is 5.89. The molecule has 1 aliphatic heterocycles. The van der Waals surface area contributed by atoms with Crippen LogP contribution in [0.1, 0.15) is 0 Å². The number of esters is 1. The zero-order valence-electron chi connectivity index (χ0n) is 18.1. The van der Waals surface area contributed by atoms with Crippen molar-refractivity contribution in [1.29, 1.82) is 0 Å². The number of anilines is 1. The summed E-state index contributed by atoms with van der Waals surface area (Å²) in [7, 11) is 0. The molecule has 0 radical (unpaired) electrons. The fourth-order valence-electron chi connectivity index (χ4n) is 3.05. The second-order valence-electron chi connectivity index (χ2n) is 7.20. The van der Waals surface area contributed by atoms with Crippen LogP contribution in [-0.2, 0) is 19.1 Å². The second kappa shape index (κ2) is 12.1. The van der Waals surface area contributed by atoms with E-state index in [0.717, 1.165) is 0 Å². The first-order valence-electron chi connectivity index (χ1n) is 10.5. The minimum absolute atomic E-state index is 0.230. The van der Waals surface area contributed by atoms with Gasteiger partial charge in [-0.05, 0) is 24.3 Å². The highest BCUT2D eigenvalue weighted by atomic mass is 16.5. The lowest BCUT2D eigenvalue weighted by Crippen LogP contribution is -2.52. The van der Waals surface area contributed by atoms with Gasteiger partial charge in [0.1, 0.15) is 12.3 Å². The standard InChI is InChI=1S/C23H26N4O6/c28-20(16-32-19-9-5-2-6-10-19)24-15-22(30)33-17-21(29)26-11-13-27(14-12-26)23(31)25-18-7-3-1-4-8-18/h1-10H,11-17H2,(H,24,28)(H,25,31). The molecule has 174 valence electrons. The summed E-state index contributed by atoms with van der Waals surface area (Å²) < 4.78 is 10.2. The van der Waals surface area contributed by atoms with Gasteiger partial charge in [-0.25, -0.2) is 4.79 Å². The van der Waals surface area contributed by atoms with Crippen molar-refractivity contribution in [3.8, 4) is 5.75 Å². The summed E-state index contributed by atoms with van der Waals surface area (Å²) >= 11 is 0. The quantitative estimate of drug-likeness (QED) is 0.577. The number of hydrogen-bond donors (Lipinski definition) is 2. The molecule has 2 aromatic carbocycles. The topological polar surface area (TPSA) is 117 Å². The zero-order chi connectivity index (χ0) is 23.5. The predicted molar refractivity (Wildman–Crippen MR) is 120 cm³/mol. The van der Waals surface area contributed by atoms with Crippen molar-refractivity contribution in [2.75, 3.05) is 51.3 Å². The molecule has 1 saturated heterocycles. The molecule has 0 bridgehead atoms. The summed E-state index contributed by atoms with van der Waals surface area (Å²) in [4.78, 5) is 51.3. The van der Waals surface area contributed by atoms with Gasteiger partial charge in [0, 0.05) is 31.9 Å². The van der Waals surface area contributed by atoms with Crippen LogP contribution in [0.15, 0.2) is 60.7 Å². The van der Waals surface area contributed by atoms with Crippen LogP contribution in [-0.4, -0.2) is 79.6 Å². The van der Waals surface area contributed by atoms with Gasteiger partial charge >= 0.3 is 12.0 Å². The first kappa shape index (κ1) is 23.6. The van der Waals surface area contributed by atoms with E-state index in [2.05, 4.69) is 10.6 Å².